The Morgan fingerprint density at radius 1 is 0.441 bits per heavy atom. The second kappa shape index (κ2) is 24.9. The Hall–Kier alpha value is -1.18. The van der Waals surface area contributed by atoms with Crippen molar-refractivity contribution >= 4 is 0 Å². The molecule has 0 saturated heterocycles. The van der Waals surface area contributed by atoms with Gasteiger partial charge in [0.1, 0.15) is 11.5 Å². The first-order valence-electron chi connectivity index (χ1n) is 15.1. The van der Waals surface area contributed by atoms with Crippen LogP contribution in [0, 0.1) is 6.07 Å². The van der Waals surface area contributed by atoms with E-state index in [9.17, 15) is 0 Å². The molecule has 0 aromatic heterocycles. The number of benzene rings is 1. The summed E-state index contributed by atoms with van der Waals surface area (Å²) >= 11 is 0. The fraction of sp³-hybridized carbons (Fsp3) is 0.812. The molecule has 1 aromatic carbocycles. The molecule has 2 nitrogen and oxygen atoms in total. The van der Waals surface area contributed by atoms with E-state index in [-0.39, 0.29) is 0 Å². The standard InChI is InChI=1S/C32H57O2/c1-3-5-7-9-11-13-15-17-19-21-23-28-33-31-26-25-27-32(30-31)34-29-24-22-20-18-16-14-12-10-8-6-4-2/h26-27,30H,3-24,28-29H2,1-2H3. The highest BCUT2D eigenvalue weighted by molar-refractivity contribution is 5.32. The van der Waals surface area contributed by atoms with Crippen molar-refractivity contribution in [1.29, 1.82) is 0 Å². The molecule has 0 aliphatic heterocycles. The molecule has 0 aliphatic carbocycles. The summed E-state index contributed by atoms with van der Waals surface area (Å²) in [6, 6.07) is 9.04. The van der Waals surface area contributed by atoms with Crippen LogP contribution in [0.25, 0.3) is 0 Å². The van der Waals surface area contributed by atoms with Crippen LogP contribution < -0.4 is 9.47 Å². The molecule has 1 aromatic rings. The van der Waals surface area contributed by atoms with E-state index in [1.165, 1.54) is 128 Å². The molecular formula is C32H57O2. The lowest BCUT2D eigenvalue weighted by Crippen LogP contribution is -2.00. The van der Waals surface area contributed by atoms with Crippen LogP contribution in [0.4, 0.5) is 0 Å². The van der Waals surface area contributed by atoms with Crippen LogP contribution in [0.1, 0.15) is 155 Å². The summed E-state index contributed by atoms with van der Waals surface area (Å²) in [5.74, 6) is 1.78. The second-order valence-corrected chi connectivity index (χ2v) is 10.2. The van der Waals surface area contributed by atoms with Gasteiger partial charge in [-0.05, 0) is 31.0 Å². The predicted molar refractivity (Wildman–Crippen MR) is 149 cm³/mol. The van der Waals surface area contributed by atoms with Crippen molar-refractivity contribution in [2.24, 2.45) is 0 Å². The largest absolute Gasteiger partial charge is 0.493 e. The van der Waals surface area contributed by atoms with Crippen LogP contribution in [-0.2, 0) is 0 Å². The van der Waals surface area contributed by atoms with Gasteiger partial charge in [0.05, 0.1) is 13.2 Å². The Bertz CT molecular complexity index is 484. The molecule has 197 valence electrons. The van der Waals surface area contributed by atoms with Gasteiger partial charge in [0, 0.05) is 6.07 Å². The summed E-state index contributed by atoms with van der Waals surface area (Å²) in [4.78, 5) is 0. The van der Waals surface area contributed by atoms with Crippen molar-refractivity contribution in [3.05, 3.63) is 24.3 Å². The third kappa shape index (κ3) is 20.2. The van der Waals surface area contributed by atoms with E-state index >= 15 is 0 Å². The maximum atomic E-state index is 5.93. The predicted octanol–water partition coefficient (Wildman–Crippen LogP) is 10.9. The lowest BCUT2D eigenvalue weighted by Gasteiger charge is -2.09. The molecule has 0 N–H and O–H groups in total. The van der Waals surface area contributed by atoms with E-state index in [2.05, 4.69) is 19.9 Å². The van der Waals surface area contributed by atoms with Gasteiger partial charge < -0.3 is 9.47 Å². The van der Waals surface area contributed by atoms with Crippen LogP contribution >= 0.6 is 0 Å². The first-order valence-corrected chi connectivity index (χ1v) is 15.1. The zero-order valence-corrected chi connectivity index (χ0v) is 23.0. The van der Waals surface area contributed by atoms with Gasteiger partial charge in [-0.15, -0.1) is 0 Å². The SMILES string of the molecule is CCCCCCCCCCCCCOc1c[c]cc(OCCCCCCCCCCCCC)c1. The zero-order chi connectivity index (χ0) is 24.4. The van der Waals surface area contributed by atoms with Crippen molar-refractivity contribution < 1.29 is 9.47 Å². The highest BCUT2D eigenvalue weighted by Gasteiger charge is 2.00. The van der Waals surface area contributed by atoms with Gasteiger partial charge in [0.15, 0.2) is 0 Å². The molecular weight excluding hydrogens is 416 g/mol. The summed E-state index contributed by atoms with van der Waals surface area (Å²) in [6.07, 6.45) is 30.0. The lowest BCUT2D eigenvalue weighted by atomic mass is 10.1. The summed E-state index contributed by atoms with van der Waals surface area (Å²) in [7, 11) is 0. The molecule has 0 amide bonds. The van der Waals surface area contributed by atoms with Crippen molar-refractivity contribution in [3.8, 4) is 11.5 Å². The maximum absolute atomic E-state index is 5.93. The van der Waals surface area contributed by atoms with Crippen molar-refractivity contribution in [1.82, 2.24) is 0 Å². The minimum atomic E-state index is 0.799. The molecule has 34 heavy (non-hydrogen) atoms. The van der Waals surface area contributed by atoms with Crippen LogP contribution in [0.5, 0.6) is 11.5 Å². The molecule has 0 heterocycles. The highest BCUT2D eigenvalue weighted by Crippen LogP contribution is 2.20. The monoisotopic (exact) mass is 473 g/mol. The van der Waals surface area contributed by atoms with Gasteiger partial charge in [0.2, 0.25) is 0 Å². The maximum Gasteiger partial charge on any atom is 0.123 e. The van der Waals surface area contributed by atoms with Crippen molar-refractivity contribution in [3.63, 3.8) is 0 Å². The molecule has 0 atom stereocenters. The van der Waals surface area contributed by atoms with E-state index in [0.717, 1.165) is 37.6 Å². The van der Waals surface area contributed by atoms with Gasteiger partial charge >= 0.3 is 0 Å². The second-order valence-electron chi connectivity index (χ2n) is 10.2. The van der Waals surface area contributed by atoms with E-state index in [1.54, 1.807) is 0 Å². The molecule has 0 spiro atoms. The Morgan fingerprint density at radius 3 is 1.06 bits per heavy atom. The van der Waals surface area contributed by atoms with E-state index < -0.39 is 0 Å². The van der Waals surface area contributed by atoms with Gasteiger partial charge in [0.25, 0.3) is 0 Å². The normalized spacial score (nSPS) is 11.1. The Balaban J connectivity index is 1.91. The third-order valence-electron chi connectivity index (χ3n) is 6.77. The first kappa shape index (κ1) is 30.9. The van der Waals surface area contributed by atoms with Crippen molar-refractivity contribution in [2.45, 2.75) is 155 Å². The number of rotatable bonds is 26. The fourth-order valence-corrected chi connectivity index (χ4v) is 4.51. The van der Waals surface area contributed by atoms with E-state index in [0.29, 0.717) is 0 Å². The lowest BCUT2D eigenvalue weighted by molar-refractivity contribution is 0.289. The van der Waals surface area contributed by atoms with Gasteiger partial charge in [-0.2, -0.15) is 0 Å². The molecule has 0 bridgehead atoms. The third-order valence-corrected chi connectivity index (χ3v) is 6.77. The summed E-state index contributed by atoms with van der Waals surface area (Å²) in [5.41, 5.74) is 0. The molecule has 1 radical (unpaired) electrons. The minimum Gasteiger partial charge on any atom is -0.493 e. The molecule has 0 unspecified atom stereocenters. The van der Waals surface area contributed by atoms with E-state index in [1.807, 2.05) is 18.2 Å². The van der Waals surface area contributed by atoms with Crippen LogP contribution in [0.15, 0.2) is 18.2 Å². The molecule has 1 rings (SSSR count). The average molecular weight is 474 g/mol. The summed E-state index contributed by atoms with van der Waals surface area (Å²) in [6.45, 7) is 6.17. The number of unbranched alkanes of at least 4 members (excludes halogenated alkanes) is 20. The quantitative estimate of drug-likeness (QED) is 0.125. The highest BCUT2D eigenvalue weighted by atomic mass is 16.5. The molecule has 2 heteroatoms. The Morgan fingerprint density at radius 2 is 0.735 bits per heavy atom. The first-order chi connectivity index (χ1) is 16.9. The zero-order valence-electron chi connectivity index (χ0n) is 23.0. The van der Waals surface area contributed by atoms with Crippen molar-refractivity contribution in [2.75, 3.05) is 13.2 Å². The topological polar surface area (TPSA) is 18.5 Å². The Labute approximate surface area is 213 Å². The minimum absolute atomic E-state index is 0.799. The van der Waals surface area contributed by atoms with Crippen LogP contribution in [0.2, 0.25) is 0 Å². The number of ether oxygens (including phenoxy) is 2. The summed E-state index contributed by atoms with van der Waals surface area (Å²) < 4.78 is 11.9. The summed E-state index contributed by atoms with van der Waals surface area (Å²) in [5, 5.41) is 0. The fourth-order valence-electron chi connectivity index (χ4n) is 4.51. The number of hydrogen-bond donors (Lipinski definition) is 0. The smallest absolute Gasteiger partial charge is 0.123 e. The van der Waals surface area contributed by atoms with Crippen LogP contribution in [-0.4, -0.2) is 13.2 Å². The van der Waals surface area contributed by atoms with Crippen LogP contribution in [0.3, 0.4) is 0 Å². The molecule has 0 saturated carbocycles. The number of hydrogen-bond acceptors (Lipinski definition) is 2. The van der Waals surface area contributed by atoms with Gasteiger partial charge in [-0.3, -0.25) is 0 Å². The molecule has 0 fully saturated rings. The van der Waals surface area contributed by atoms with E-state index in [4.69, 9.17) is 9.47 Å². The Kier molecular flexibility index (Phi) is 22.6. The molecule has 0 aliphatic rings. The average Bonchev–Trinajstić information content (AvgIpc) is 2.85. The van der Waals surface area contributed by atoms with Gasteiger partial charge in [-0.25, -0.2) is 0 Å². The van der Waals surface area contributed by atoms with Gasteiger partial charge in [-0.1, -0.05) is 142 Å².